The topological polar surface area (TPSA) is 50.4 Å². The SMILES string of the molecule is CC(NCC(C)(C)NC(=O)OC(C)(C)C)c1cccc(F)c1. The Morgan fingerprint density at radius 1 is 1.27 bits per heavy atom. The minimum Gasteiger partial charge on any atom is -0.444 e. The molecule has 1 aromatic rings. The second-order valence-electron chi connectivity index (χ2n) is 7.17. The number of carbonyl (C=O) groups is 1. The van der Waals surface area contributed by atoms with Crippen LogP contribution in [0.15, 0.2) is 24.3 Å². The first-order valence-electron chi connectivity index (χ1n) is 7.48. The van der Waals surface area contributed by atoms with Crippen LogP contribution in [0.4, 0.5) is 9.18 Å². The van der Waals surface area contributed by atoms with E-state index in [1.807, 2.05) is 47.6 Å². The second kappa shape index (κ2) is 7.09. The molecule has 1 amide bonds. The molecule has 0 saturated heterocycles. The van der Waals surface area contributed by atoms with Crippen molar-refractivity contribution in [2.45, 2.75) is 58.7 Å². The van der Waals surface area contributed by atoms with Crippen LogP contribution in [0.1, 0.15) is 53.1 Å². The lowest BCUT2D eigenvalue weighted by atomic mass is 10.0. The number of halogens is 1. The second-order valence-corrected chi connectivity index (χ2v) is 7.17. The van der Waals surface area contributed by atoms with E-state index in [0.717, 1.165) is 5.56 Å². The van der Waals surface area contributed by atoms with E-state index in [9.17, 15) is 9.18 Å². The summed E-state index contributed by atoms with van der Waals surface area (Å²) >= 11 is 0. The van der Waals surface area contributed by atoms with Gasteiger partial charge in [-0.15, -0.1) is 0 Å². The Kier molecular flexibility index (Phi) is 5.94. The normalized spacial score (nSPS) is 13.6. The molecule has 124 valence electrons. The van der Waals surface area contributed by atoms with E-state index in [2.05, 4.69) is 10.6 Å². The van der Waals surface area contributed by atoms with Crippen molar-refractivity contribution >= 4 is 6.09 Å². The van der Waals surface area contributed by atoms with Crippen LogP contribution in [0.25, 0.3) is 0 Å². The van der Waals surface area contributed by atoms with Crippen LogP contribution in [-0.4, -0.2) is 23.8 Å². The Balaban J connectivity index is 2.53. The molecule has 0 saturated carbocycles. The maximum atomic E-state index is 13.2. The zero-order valence-electron chi connectivity index (χ0n) is 14.3. The van der Waals surface area contributed by atoms with Crippen LogP contribution in [0.2, 0.25) is 0 Å². The van der Waals surface area contributed by atoms with Gasteiger partial charge in [0, 0.05) is 12.6 Å². The number of rotatable bonds is 5. The van der Waals surface area contributed by atoms with E-state index in [-0.39, 0.29) is 11.9 Å². The Hall–Kier alpha value is -1.62. The van der Waals surface area contributed by atoms with Crippen molar-refractivity contribution in [3.63, 3.8) is 0 Å². The molecule has 1 atom stereocenters. The molecule has 0 aliphatic heterocycles. The summed E-state index contributed by atoms with van der Waals surface area (Å²) in [5.74, 6) is -0.253. The van der Waals surface area contributed by atoms with Gasteiger partial charge in [0.05, 0.1) is 5.54 Å². The Bertz CT molecular complexity index is 510. The fourth-order valence-corrected chi connectivity index (χ4v) is 1.93. The zero-order chi connectivity index (χ0) is 17.0. The Morgan fingerprint density at radius 2 is 1.91 bits per heavy atom. The number of benzene rings is 1. The molecule has 1 unspecified atom stereocenters. The Labute approximate surface area is 132 Å². The van der Waals surface area contributed by atoms with Crippen molar-refractivity contribution in [2.24, 2.45) is 0 Å². The molecule has 0 aliphatic rings. The average Bonchev–Trinajstić information content (AvgIpc) is 2.33. The van der Waals surface area contributed by atoms with Gasteiger partial charge in [-0.3, -0.25) is 0 Å². The quantitative estimate of drug-likeness (QED) is 0.870. The predicted molar refractivity (Wildman–Crippen MR) is 86.3 cm³/mol. The van der Waals surface area contributed by atoms with Gasteiger partial charge in [0.1, 0.15) is 11.4 Å². The minimum atomic E-state index is -0.525. The fourth-order valence-electron chi connectivity index (χ4n) is 1.93. The van der Waals surface area contributed by atoms with Crippen molar-refractivity contribution < 1.29 is 13.9 Å². The van der Waals surface area contributed by atoms with E-state index in [1.54, 1.807) is 6.07 Å². The maximum Gasteiger partial charge on any atom is 0.408 e. The van der Waals surface area contributed by atoms with Crippen LogP contribution < -0.4 is 10.6 Å². The summed E-state index contributed by atoms with van der Waals surface area (Å²) in [7, 11) is 0. The van der Waals surface area contributed by atoms with Gasteiger partial charge in [-0.25, -0.2) is 9.18 Å². The first-order chi connectivity index (χ1) is 9.98. The van der Waals surface area contributed by atoms with Crippen molar-refractivity contribution in [3.05, 3.63) is 35.6 Å². The van der Waals surface area contributed by atoms with Gasteiger partial charge in [-0.2, -0.15) is 0 Å². The number of hydrogen-bond acceptors (Lipinski definition) is 3. The molecule has 0 spiro atoms. The van der Waals surface area contributed by atoms with Crippen LogP contribution in [0.3, 0.4) is 0 Å². The lowest BCUT2D eigenvalue weighted by molar-refractivity contribution is 0.0471. The molecule has 0 aromatic heterocycles. The van der Waals surface area contributed by atoms with Gasteiger partial charge in [0.2, 0.25) is 0 Å². The first-order valence-corrected chi connectivity index (χ1v) is 7.48. The summed E-state index contributed by atoms with van der Waals surface area (Å²) in [4.78, 5) is 11.8. The monoisotopic (exact) mass is 310 g/mol. The van der Waals surface area contributed by atoms with E-state index in [4.69, 9.17) is 4.74 Å². The number of hydrogen-bond donors (Lipinski definition) is 2. The van der Waals surface area contributed by atoms with E-state index >= 15 is 0 Å². The maximum absolute atomic E-state index is 13.2. The number of alkyl carbamates (subject to hydrolysis) is 1. The molecular formula is C17H27FN2O2. The highest BCUT2D eigenvalue weighted by molar-refractivity contribution is 5.68. The van der Waals surface area contributed by atoms with Crippen LogP contribution >= 0.6 is 0 Å². The highest BCUT2D eigenvalue weighted by Gasteiger charge is 2.25. The summed E-state index contributed by atoms with van der Waals surface area (Å²) < 4.78 is 18.5. The molecule has 1 rings (SSSR count). The third kappa shape index (κ3) is 6.89. The lowest BCUT2D eigenvalue weighted by Crippen LogP contribution is -2.51. The molecule has 0 bridgehead atoms. The van der Waals surface area contributed by atoms with Crippen molar-refractivity contribution in [1.82, 2.24) is 10.6 Å². The summed E-state index contributed by atoms with van der Waals surface area (Å²) in [5.41, 5.74) is -0.139. The number of amides is 1. The standard InChI is InChI=1S/C17H27FN2O2/c1-12(13-8-7-9-14(18)10-13)19-11-17(5,6)20-15(21)22-16(2,3)4/h7-10,12,19H,11H2,1-6H3,(H,20,21). The molecule has 1 aromatic carbocycles. The lowest BCUT2D eigenvalue weighted by Gasteiger charge is -2.30. The third-order valence-electron chi connectivity index (χ3n) is 3.04. The first kappa shape index (κ1) is 18.4. The van der Waals surface area contributed by atoms with Gasteiger partial charge in [-0.05, 0) is 59.2 Å². The number of ether oxygens (including phenoxy) is 1. The molecule has 0 radical (unpaired) electrons. The third-order valence-corrected chi connectivity index (χ3v) is 3.04. The van der Waals surface area contributed by atoms with Crippen molar-refractivity contribution in [1.29, 1.82) is 0 Å². The highest BCUT2D eigenvalue weighted by Crippen LogP contribution is 2.15. The van der Waals surface area contributed by atoms with Crippen molar-refractivity contribution in [2.75, 3.05) is 6.54 Å². The van der Waals surface area contributed by atoms with Crippen LogP contribution in [0, 0.1) is 5.82 Å². The van der Waals surface area contributed by atoms with Gasteiger partial charge in [0.25, 0.3) is 0 Å². The molecule has 4 nitrogen and oxygen atoms in total. The van der Waals surface area contributed by atoms with Crippen LogP contribution in [-0.2, 0) is 4.74 Å². The molecule has 2 N–H and O–H groups in total. The number of nitrogens with one attached hydrogen (secondary N) is 2. The van der Waals surface area contributed by atoms with E-state index < -0.39 is 17.2 Å². The Morgan fingerprint density at radius 3 is 2.45 bits per heavy atom. The largest absolute Gasteiger partial charge is 0.444 e. The smallest absolute Gasteiger partial charge is 0.408 e. The zero-order valence-corrected chi connectivity index (χ0v) is 14.3. The van der Waals surface area contributed by atoms with Crippen molar-refractivity contribution in [3.8, 4) is 0 Å². The summed E-state index contributed by atoms with van der Waals surface area (Å²) in [6.45, 7) is 11.8. The van der Waals surface area contributed by atoms with E-state index in [0.29, 0.717) is 6.54 Å². The molecule has 5 heteroatoms. The molecule has 0 aliphatic carbocycles. The fraction of sp³-hybridized carbons (Fsp3) is 0.588. The minimum absolute atomic E-state index is 0.0181. The predicted octanol–water partition coefficient (Wildman–Crippen LogP) is 3.78. The van der Waals surface area contributed by atoms with Gasteiger partial charge < -0.3 is 15.4 Å². The highest BCUT2D eigenvalue weighted by atomic mass is 19.1. The molecule has 0 heterocycles. The molecule has 0 fully saturated rings. The van der Waals surface area contributed by atoms with Gasteiger partial charge >= 0.3 is 6.09 Å². The molecule has 22 heavy (non-hydrogen) atoms. The van der Waals surface area contributed by atoms with E-state index in [1.165, 1.54) is 12.1 Å². The average molecular weight is 310 g/mol. The summed E-state index contributed by atoms with van der Waals surface area (Å²) in [5, 5.41) is 6.13. The van der Waals surface area contributed by atoms with Gasteiger partial charge in [-0.1, -0.05) is 12.1 Å². The number of carbonyl (C=O) groups excluding carboxylic acids is 1. The van der Waals surface area contributed by atoms with Crippen LogP contribution in [0.5, 0.6) is 0 Å². The molecular weight excluding hydrogens is 283 g/mol. The van der Waals surface area contributed by atoms with Gasteiger partial charge in [0.15, 0.2) is 0 Å². The summed E-state index contributed by atoms with van der Waals surface area (Å²) in [6.07, 6.45) is -0.447. The summed E-state index contributed by atoms with van der Waals surface area (Å²) in [6, 6.07) is 6.47.